The molecule has 0 heterocycles. The van der Waals surface area contributed by atoms with Gasteiger partial charge in [0.05, 0.1) is 25.3 Å². The van der Waals surface area contributed by atoms with Crippen LogP contribution in [0.25, 0.3) is 0 Å². The van der Waals surface area contributed by atoms with Gasteiger partial charge in [-0.05, 0) is 30.2 Å². The summed E-state index contributed by atoms with van der Waals surface area (Å²) in [6.07, 6.45) is 1.17. The van der Waals surface area contributed by atoms with E-state index in [1.807, 2.05) is 31.2 Å². The highest BCUT2D eigenvalue weighted by molar-refractivity contribution is 7.89. The van der Waals surface area contributed by atoms with Crippen molar-refractivity contribution in [1.82, 2.24) is 5.32 Å². The van der Waals surface area contributed by atoms with Gasteiger partial charge in [-0.15, -0.1) is 0 Å². The minimum absolute atomic E-state index is 0.0114. The number of benzene rings is 2. The zero-order chi connectivity index (χ0) is 20.0. The zero-order valence-corrected chi connectivity index (χ0v) is 16.4. The number of hydrogen-bond acceptors (Lipinski definition) is 5. The summed E-state index contributed by atoms with van der Waals surface area (Å²) in [7, 11) is -1.83. The number of ether oxygens (including phenoxy) is 1. The van der Waals surface area contributed by atoms with Crippen molar-refractivity contribution >= 4 is 21.7 Å². The highest BCUT2D eigenvalue weighted by atomic mass is 32.2. The molecule has 2 rings (SSSR count). The number of nitrogens with one attached hydrogen (secondary N) is 1. The predicted molar refractivity (Wildman–Crippen MR) is 103 cm³/mol. The maximum Gasteiger partial charge on any atom is 0.307 e. The molecule has 0 aliphatic carbocycles. The molecule has 1 N–H and O–H groups in total. The quantitative estimate of drug-likeness (QED) is 0.735. The van der Waals surface area contributed by atoms with E-state index >= 15 is 0 Å². The lowest BCUT2D eigenvalue weighted by Gasteiger charge is -2.18. The Hall–Kier alpha value is -2.67. The average molecular weight is 389 g/mol. The zero-order valence-electron chi connectivity index (χ0n) is 15.6. The molecule has 2 aromatic carbocycles. The lowest BCUT2D eigenvalue weighted by molar-refractivity contribution is -0.141. The predicted octanol–water partition coefficient (Wildman–Crippen LogP) is 2.57. The lowest BCUT2D eigenvalue weighted by atomic mass is 10.0. The molecule has 1 amide bonds. The number of rotatable bonds is 7. The van der Waals surface area contributed by atoms with E-state index in [-0.39, 0.29) is 18.1 Å². The first-order valence-corrected chi connectivity index (χ1v) is 10.4. The molecule has 144 valence electrons. The average Bonchev–Trinajstić information content (AvgIpc) is 2.61. The van der Waals surface area contributed by atoms with Crippen LogP contribution in [0.4, 0.5) is 0 Å². The fraction of sp³-hybridized carbons (Fsp3) is 0.300. The molecule has 2 aromatic rings. The fourth-order valence-corrected chi connectivity index (χ4v) is 3.40. The lowest BCUT2D eigenvalue weighted by Crippen LogP contribution is -2.30. The molecule has 0 aliphatic heterocycles. The molecule has 7 heteroatoms. The summed E-state index contributed by atoms with van der Waals surface area (Å²) in [5, 5.41) is 2.84. The summed E-state index contributed by atoms with van der Waals surface area (Å²) in [6.45, 7) is 1.95. The van der Waals surface area contributed by atoms with Gasteiger partial charge in [0.25, 0.3) is 5.91 Å². The van der Waals surface area contributed by atoms with Crippen LogP contribution in [0.1, 0.15) is 39.5 Å². The summed E-state index contributed by atoms with van der Waals surface area (Å²) in [4.78, 5) is 24.3. The Labute approximate surface area is 159 Å². The topological polar surface area (TPSA) is 89.5 Å². The van der Waals surface area contributed by atoms with Gasteiger partial charge in [-0.25, -0.2) is 8.42 Å². The van der Waals surface area contributed by atoms with E-state index in [9.17, 15) is 18.0 Å². The Bertz CT molecular complexity index is 902. The Kier molecular flexibility index (Phi) is 6.74. The highest BCUT2D eigenvalue weighted by Gasteiger charge is 2.20. The monoisotopic (exact) mass is 389 g/mol. The third-order valence-electron chi connectivity index (χ3n) is 4.03. The van der Waals surface area contributed by atoms with E-state index in [1.54, 1.807) is 24.3 Å². The van der Waals surface area contributed by atoms with Gasteiger partial charge in [0.1, 0.15) is 0 Å². The SMILES string of the molecule is COC(=O)C[C@@H](NC(=O)c1ccc(CS(C)(=O)=O)cc1)c1ccc(C)cc1. The van der Waals surface area contributed by atoms with E-state index in [0.717, 1.165) is 17.4 Å². The van der Waals surface area contributed by atoms with Crippen LogP contribution < -0.4 is 5.32 Å². The number of esters is 1. The number of sulfone groups is 1. The summed E-state index contributed by atoms with van der Waals surface area (Å²) < 4.78 is 27.4. The van der Waals surface area contributed by atoms with Crippen molar-refractivity contribution in [2.75, 3.05) is 13.4 Å². The van der Waals surface area contributed by atoms with Crippen molar-refractivity contribution in [1.29, 1.82) is 0 Å². The molecule has 0 spiro atoms. The molecule has 0 fully saturated rings. The van der Waals surface area contributed by atoms with Crippen LogP contribution in [0, 0.1) is 6.92 Å². The normalized spacial score (nSPS) is 12.3. The van der Waals surface area contributed by atoms with Gasteiger partial charge in [0.15, 0.2) is 9.84 Å². The molecule has 6 nitrogen and oxygen atoms in total. The highest BCUT2D eigenvalue weighted by Crippen LogP contribution is 2.19. The van der Waals surface area contributed by atoms with E-state index in [2.05, 4.69) is 5.32 Å². The van der Waals surface area contributed by atoms with E-state index in [1.165, 1.54) is 7.11 Å². The van der Waals surface area contributed by atoms with Crippen LogP contribution in [-0.2, 0) is 25.1 Å². The Morgan fingerprint density at radius 2 is 1.63 bits per heavy atom. The van der Waals surface area contributed by atoms with Crippen LogP contribution >= 0.6 is 0 Å². The van der Waals surface area contributed by atoms with Gasteiger partial charge in [-0.1, -0.05) is 42.0 Å². The van der Waals surface area contributed by atoms with Gasteiger partial charge in [0, 0.05) is 11.8 Å². The molecule has 0 aromatic heterocycles. The van der Waals surface area contributed by atoms with Gasteiger partial charge in [0.2, 0.25) is 0 Å². The second kappa shape index (κ2) is 8.81. The maximum absolute atomic E-state index is 12.6. The van der Waals surface area contributed by atoms with Crippen molar-refractivity contribution in [2.45, 2.75) is 25.1 Å². The summed E-state index contributed by atoms with van der Waals surface area (Å²) in [5.74, 6) is -0.858. The molecule has 0 unspecified atom stereocenters. The largest absolute Gasteiger partial charge is 0.469 e. The number of hydrogen-bond donors (Lipinski definition) is 1. The van der Waals surface area contributed by atoms with Crippen molar-refractivity contribution in [2.24, 2.45) is 0 Å². The first-order valence-electron chi connectivity index (χ1n) is 8.39. The Morgan fingerprint density at radius 3 is 2.15 bits per heavy atom. The van der Waals surface area contributed by atoms with Crippen LogP contribution in [0.2, 0.25) is 0 Å². The third-order valence-corrected chi connectivity index (χ3v) is 4.89. The Morgan fingerprint density at radius 1 is 1.04 bits per heavy atom. The molecular formula is C20H23NO5S. The van der Waals surface area contributed by atoms with E-state index in [4.69, 9.17) is 4.74 Å². The van der Waals surface area contributed by atoms with Crippen molar-refractivity contribution < 1.29 is 22.7 Å². The van der Waals surface area contributed by atoms with Gasteiger partial charge in [-0.2, -0.15) is 0 Å². The third kappa shape index (κ3) is 6.53. The standard InChI is InChI=1S/C20H23NO5S/c1-14-4-8-16(9-5-14)18(12-19(22)26-2)21-20(23)17-10-6-15(7-11-17)13-27(3,24)25/h4-11,18H,12-13H2,1-3H3,(H,21,23)/t18-/m1/s1. The first kappa shape index (κ1) is 20.6. The second-order valence-corrected chi connectivity index (χ2v) is 8.62. The van der Waals surface area contributed by atoms with Crippen molar-refractivity contribution in [3.8, 4) is 0 Å². The first-order chi connectivity index (χ1) is 12.7. The minimum Gasteiger partial charge on any atom is -0.469 e. The molecule has 27 heavy (non-hydrogen) atoms. The van der Waals surface area contributed by atoms with Gasteiger partial charge in [-0.3, -0.25) is 9.59 Å². The van der Waals surface area contributed by atoms with E-state index < -0.39 is 21.8 Å². The molecule has 0 aliphatic rings. The number of methoxy groups -OCH3 is 1. The van der Waals surface area contributed by atoms with Crippen LogP contribution in [-0.4, -0.2) is 33.7 Å². The van der Waals surface area contributed by atoms with Crippen LogP contribution in [0.3, 0.4) is 0 Å². The number of carbonyl (C=O) groups is 2. The summed E-state index contributed by atoms with van der Waals surface area (Å²) >= 11 is 0. The molecular weight excluding hydrogens is 366 g/mol. The number of amides is 1. The summed E-state index contributed by atoms with van der Waals surface area (Å²) in [5.41, 5.74) is 2.87. The molecule has 1 atom stereocenters. The molecule has 0 bridgehead atoms. The molecule has 0 saturated carbocycles. The maximum atomic E-state index is 12.6. The van der Waals surface area contributed by atoms with Crippen LogP contribution in [0.5, 0.6) is 0 Å². The van der Waals surface area contributed by atoms with Gasteiger partial charge >= 0.3 is 5.97 Å². The Balaban J connectivity index is 2.17. The molecule has 0 saturated heterocycles. The smallest absolute Gasteiger partial charge is 0.307 e. The van der Waals surface area contributed by atoms with Crippen LogP contribution in [0.15, 0.2) is 48.5 Å². The second-order valence-electron chi connectivity index (χ2n) is 6.48. The number of carbonyl (C=O) groups excluding carboxylic acids is 2. The fourth-order valence-electron chi connectivity index (χ4n) is 2.60. The molecule has 0 radical (unpaired) electrons. The van der Waals surface area contributed by atoms with Crippen molar-refractivity contribution in [3.63, 3.8) is 0 Å². The summed E-state index contributed by atoms with van der Waals surface area (Å²) in [6, 6.07) is 13.4. The van der Waals surface area contributed by atoms with E-state index in [0.29, 0.717) is 11.1 Å². The minimum atomic E-state index is -3.14. The van der Waals surface area contributed by atoms with Crippen molar-refractivity contribution in [3.05, 3.63) is 70.8 Å². The van der Waals surface area contributed by atoms with Gasteiger partial charge < -0.3 is 10.1 Å². The number of aryl methyl sites for hydroxylation is 1.